The smallest absolute Gasteiger partial charge is 0.243 e. The number of ether oxygens (including phenoxy) is 1. The standard InChI is InChI=1S/C17H17B2NO/c1-21-17-12-10-16(11-13-17)20(18-14-6-2-3-7-14)19-15-8-4-5-9-15/h2-15H,1H3. The zero-order valence-electron chi connectivity index (χ0n) is 12.1. The van der Waals surface area contributed by atoms with Crippen molar-refractivity contribution in [2.45, 2.75) is 11.6 Å². The molecule has 1 aromatic carbocycles. The van der Waals surface area contributed by atoms with Crippen molar-refractivity contribution < 1.29 is 4.74 Å². The monoisotopic (exact) mass is 273 g/mol. The Labute approximate surface area is 128 Å². The Morgan fingerprint density at radius 2 is 1.29 bits per heavy atom. The minimum Gasteiger partial charge on any atom is -0.497 e. The number of methoxy groups -OCH3 is 1. The highest BCUT2D eigenvalue weighted by Crippen LogP contribution is 2.25. The SMILES string of the molecule is COc1ccc(N([B]C2C=CC=C2)[B]C2C=CC=C2)cc1. The Balaban J connectivity index is 1.75. The predicted octanol–water partition coefficient (Wildman–Crippen LogP) is 3.57. The van der Waals surface area contributed by atoms with Crippen LogP contribution in [0.4, 0.5) is 5.69 Å². The van der Waals surface area contributed by atoms with Gasteiger partial charge in [-0.15, -0.1) is 0 Å². The predicted molar refractivity (Wildman–Crippen MR) is 91.0 cm³/mol. The number of nitrogens with zero attached hydrogens (tertiary/aromatic N) is 1. The minimum atomic E-state index is 0.345. The van der Waals surface area contributed by atoms with Crippen molar-refractivity contribution >= 4 is 20.5 Å². The van der Waals surface area contributed by atoms with E-state index in [1.165, 1.54) is 0 Å². The second-order valence-electron chi connectivity index (χ2n) is 5.10. The molecule has 2 radical (unpaired) electrons. The van der Waals surface area contributed by atoms with Gasteiger partial charge in [0.05, 0.1) is 7.11 Å². The van der Waals surface area contributed by atoms with Crippen LogP contribution in [0.15, 0.2) is 72.9 Å². The van der Waals surface area contributed by atoms with Gasteiger partial charge in [0.1, 0.15) is 5.75 Å². The van der Waals surface area contributed by atoms with Gasteiger partial charge in [0, 0.05) is 5.69 Å². The summed E-state index contributed by atoms with van der Waals surface area (Å²) >= 11 is 0. The van der Waals surface area contributed by atoms with Gasteiger partial charge in [0.25, 0.3) is 0 Å². The Bertz CT molecular complexity index is 535. The first kappa shape index (κ1) is 13.9. The van der Waals surface area contributed by atoms with Gasteiger partial charge in [-0.05, 0) is 35.9 Å². The molecule has 0 saturated carbocycles. The number of rotatable bonds is 6. The molecule has 21 heavy (non-hydrogen) atoms. The van der Waals surface area contributed by atoms with Crippen molar-refractivity contribution in [3.05, 3.63) is 72.9 Å². The van der Waals surface area contributed by atoms with Crippen LogP contribution in [0.5, 0.6) is 5.75 Å². The Morgan fingerprint density at radius 3 is 1.71 bits per heavy atom. The normalized spacial score (nSPS) is 16.6. The van der Waals surface area contributed by atoms with Gasteiger partial charge >= 0.3 is 0 Å². The summed E-state index contributed by atoms with van der Waals surface area (Å²) in [6.45, 7) is 0. The summed E-state index contributed by atoms with van der Waals surface area (Å²) in [5.74, 6) is 1.57. The maximum atomic E-state index is 5.23. The molecule has 1 aromatic rings. The third-order valence-corrected chi connectivity index (χ3v) is 3.59. The van der Waals surface area contributed by atoms with Crippen LogP contribution >= 0.6 is 0 Å². The third-order valence-electron chi connectivity index (χ3n) is 3.59. The van der Waals surface area contributed by atoms with Crippen LogP contribution in [0.3, 0.4) is 0 Å². The molecule has 3 rings (SSSR count). The Kier molecular flexibility index (Phi) is 4.34. The molecule has 0 bridgehead atoms. The second kappa shape index (κ2) is 6.57. The molecule has 0 unspecified atom stereocenters. The zero-order valence-corrected chi connectivity index (χ0v) is 12.1. The van der Waals surface area contributed by atoms with E-state index < -0.39 is 0 Å². The van der Waals surface area contributed by atoms with Crippen LogP contribution in [0.25, 0.3) is 0 Å². The summed E-state index contributed by atoms with van der Waals surface area (Å²) in [6, 6.07) is 8.14. The molecule has 0 atom stereocenters. The minimum absolute atomic E-state index is 0.345. The number of allylic oxidation sites excluding steroid dienone is 8. The molecule has 2 aliphatic carbocycles. The van der Waals surface area contributed by atoms with Gasteiger partial charge in [0.2, 0.25) is 14.8 Å². The summed E-state index contributed by atoms with van der Waals surface area (Å²) in [4.78, 5) is 0. The molecule has 0 saturated heterocycles. The molecule has 0 fully saturated rings. The summed E-state index contributed by atoms with van der Waals surface area (Å²) in [5.41, 5.74) is 1.14. The molecule has 2 nitrogen and oxygen atoms in total. The van der Waals surface area contributed by atoms with E-state index >= 15 is 0 Å². The van der Waals surface area contributed by atoms with E-state index in [1.807, 2.05) is 12.1 Å². The topological polar surface area (TPSA) is 12.5 Å². The molecular weight excluding hydrogens is 256 g/mol. The maximum absolute atomic E-state index is 5.23. The number of hydrogen-bond donors (Lipinski definition) is 0. The van der Waals surface area contributed by atoms with Gasteiger partial charge in [-0.3, -0.25) is 0 Å². The lowest BCUT2D eigenvalue weighted by atomic mass is 9.62. The quantitative estimate of drug-likeness (QED) is 0.734. The number of anilines is 1. The summed E-state index contributed by atoms with van der Waals surface area (Å²) < 4.78 is 7.44. The first-order valence-corrected chi connectivity index (χ1v) is 7.17. The van der Waals surface area contributed by atoms with Crippen LogP contribution in [-0.4, -0.2) is 21.9 Å². The van der Waals surface area contributed by atoms with Crippen molar-refractivity contribution in [3.8, 4) is 5.75 Å². The van der Waals surface area contributed by atoms with Gasteiger partial charge in [0.15, 0.2) is 0 Å². The average molecular weight is 273 g/mol. The van der Waals surface area contributed by atoms with Crippen LogP contribution < -0.4 is 9.46 Å². The van der Waals surface area contributed by atoms with Crippen molar-refractivity contribution in [1.29, 1.82) is 0 Å². The largest absolute Gasteiger partial charge is 0.497 e. The highest BCUT2D eigenvalue weighted by atomic mass is 16.5. The molecule has 0 N–H and O–H groups in total. The second-order valence-corrected chi connectivity index (χ2v) is 5.10. The fourth-order valence-electron chi connectivity index (χ4n) is 2.44. The van der Waals surface area contributed by atoms with Gasteiger partial charge in [-0.2, -0.15) is 0 Å². The molecule has 0 amide bonds. The lowest BCUT2D eigenvalue weighted by Gasteiger charge is -2.27. The van der Waals surface area contributed by atoms with Gasteiger partial charge in [-0.1, -0.05) is 48.6 Å². The third kappa shape index (κ3) is 3.52. The fourth-order valence-corrected chi connectivity index (χ4v) is 2.44. The fraction of sp³-hybridized carbons (Fsp3) is 0.176. The lowest BCUT2D eigenvalue weighted by molar-refractivity contribution is 0.415. The van der Waals surface area contributed by atoms with Crippen molar-refractivity contribution in [1.82, 2.24) is 0 Å². The number of hydrogen-bond acceptors (Lipinski definition) is 2. The van der Waals surface area contributed by atoms with E-state index in [1.54, 1.807) is 7.11 Å². The first-order chi connectivity index (χ1) is 10.3. The molecule has 0 spiro atoms. The summed E-state index contributed by atoms with van der Waals surface area (Å²) in [5, 5.41) is 0. The Morgan fingerprint density at radius 1 is 0.810 bits per heavy atom. The first-order valence-electron chi connectivity index (χ1n) is 7.17. The highest BCUT2D eigenvalue weighted by Gasteiger charge is 2.19. The molecule has 102 valence electrons. The average Bonchev–Trinajstić information content (AvgIpc) is 3.20. The lowest BCUT2D eigenvalue weighted by Crippen LogP contribution is -2.35. The van der Waals surface area contributed by atoms with Crippen molar-refractivity contribution in [2.75, 3.05) is 11.8 Å². The zero-order chi connectivity index (χ0) is 14.5. The summed E-state index contributed by atoms with van der Waals surface area (Å²) in [7, 11) is 6.14. The van der Waals surface area contributed by atoms with E-state index in [0.29, 0.717) is 11.6 Å². The van der Waals surface area contributed by atoms with Gasteiger partial charge < -0.3 is 9.46 Å². The molecular formula is C17H17B2NO. The molecule has 4 heteroatoms. The van der Waals surface area contributed by atoms with E-state index in [-0.39, 0.29) is 0 Å². The van der Waals surface area contributed by atoms with E-state index in [2.05, 4.69) is 80.3 Å². The van der Waals surface area contributed by atoms with Crippen LogP contribution in [0.2, 0.25) is 11.6 Å². The Hall–Kier alpha value is -2.09. The molecule has 0 aromatic heterocycles. The van der Waals surface area contributed by atoms with E-state index in [9.17, 15) is 0 Å². The van der Waals surface area contributed by atoms with Crippen LogP contribution in [-0.2, 0) is 0 Å². The van der Waals surface area contributed by atoms with E-state index in [0.717, 1.165) is 11.4 Å². The van der Waals surface area contributed by atoms with Crippen molar-refractivity contribution in [3.63, 3.8) is 0 Å². The van der Waals surface area contributed by atoms with E-state index in [4.69, 9.17) is 4.74 Å². The van der Waals surface area contributed by atoms with Crippen molar-refractivity contribution in [2.24, 2.45) is 0 Å². The van der Waals surface area contributed by atoms with Crippen LogP contribution in [0.1, 0.15) is 0 Å². The molecule has 2 aliphatic rings. The highest BCUT2D eigenvalue weighted by molar-refractivity contribution is 6.66. The number of benzene rings is 1. The summed E-state index contributed by atoms with van der Waals surface area (Å²) in [6.07, 6.45) is 17.1. The molecule has 0 heterocycles. The van der Waals surface area contributed by atoms with Gasteiger partial charge in [-0.25, -0.2) is 0 Å². The maximum Gasteiger partial charge on any atom is 0.243 e. The van der Waals surface area contributed by atoms with Crippen LogP contribution in [0, 0.1) is 0 Å². The molecule has 0 aliphatic heterocycles.